The Hall–Kier alpha value is 0.541. The topological polar surface area (TPSA) is 20.2 Å². The van der Waals surface area contributed by atoms with E-state index in [2.05, 4.69) is 0 Å². The Kier molecular flexibility index (Phi) is 6.55. The van der Waals surface area contributed by atoms with E-state index in [9.17, 15) is 12.9 Å². The second-order valence-electron chi connectivity index (χ2n) is 2.70. The minimum absolute atomic E-state index is 0. The van der Waals surface area contributed by atoms with Crippen molar-refractivity contribution in [3.8, 4) is 5.75 Å². The van der Waals surface area contributed by atoms with Crippen LogP contribution in [0.2, 0.25) is 5.02 Å². The van der Waals surface area contributed by atoms with E-state index >= 15 is 0 Å². The number of aromatic hydroxyl groups is 1. The molecule has 0 spiro atoms. The molecule has 0 aliphatic rings. The van der Waals surface area contributed by atoms with Crippen LogP contribution in [0.15, 0.2) is 24.2 Å². The maximum atomic E-state index is 11.8. The maximum absolute atomic E-state index is 11.8. The molecule has 0 atom stereocenters. The van der Waals surface area contributed by atoms with Crippen molar-refractivity contribution < 1.29 is 69.4 Å². The zero-order chi connectivity index (χ0) is 10.8. The van der Waals surface area contributed by atoms with Crippen LogP contribution in [-0.2, 0) is 0 Å². The summed E-state index contributed by atoms with van der Waals surface area (Å²) < 4.78 is 35.4. The van der Waals surface area contributed by atoms with Crippen molar-refractivity contribution in [2.24, 2.45) is 0 Å². The van der Waals surface area contributed by atoms with E-state index < -0.39 is 6.98 Å². The first-order chi connectivity index (χ1) is 6.38. The molecule has 0 aliphatic carbocycles. The predicted octanol–water partition coefficient (Wildman–Crippen LogP) is 0.449. The Morgan fingerprint density at radius 1 is 1.27 bits per heavy atom. The standard InChI is InChI=1S/C8H6BClF3O.K/c10-7-2-1-6(5-8(7)14)3-4-9(11,12)13;/h1-5,14H;/q-1;+1/b4-3+;. The number of hydrogen-bond donors (Lipinski definition) is 1. The Balaban J connectivity index is 0.00000196. The second kappa shape index (κ2) is 6.32. The van der Waals surface area contributed by atoms with E-state index in [-0.39, 0.29) is 73.7 Å². The summed E-state index contributed by atoms with van der Waals surface area (Å²) in [6.45, 7) is -4.94. The van der Waals surface area contributed by atoms with E-state index in [1.165, 1.54) is 18.2 Å². The molecule has 0 aliphatic heterocycles. The van der Waals surface area contributed by atoms with E-state index in [0.717, 1.165) is 6.08 Å². The summed E-state index contributed by atoms with van der Waals surface area (Å²) in [5.41, 5.74) is 0.256. The average molecular weight is 260 g/mol. The number of hydrogen-bond acceptors (Lipinski definition) is 1. The monoisotopic (exact) mass is 260 g/mol. The molecule has 0 fully saturated rings. The smallest absolute Gasteiger partial charge is 0.506 e. The van der Waals surface area contributed by atoms with Gasteiger partial charge in [0.25, 0.3) is 0 Å². The maximum Gasteiger partial charge on any atom is 1.00 e. The van der Waals surface area contributed by atoms with Crippen molar-refractivity contribution >= 4 is 24.7 Å². The third-order valence-electron chi connectivity index (χ3n) is 1.48. The Bertz CT molecular complexity index is 367. The minimum atomic E-state index is -4.94. The molecule has 0 amide bonds. The molecule has 1 nitrogen and oxygen atoms in total. The fourth-order valence-corrected chi connectivity index (χ4v) is 0.971. The molecule has 0 heterocycles. The summed E-state index contributed by atoms with van der Waals surface area (Å²) in [7, 11) is 0. The summed E-state index contributed by atoms with van der Waals surface area (Å²) in [4.78, 5) is 0. The van der Waals surface area contributed by atoms with Crippen LogP contribution in [0.25, 0.3) is 6.08 Å². The van der Waals surface area contributed by atoms with Crippen molar-refractivity contribution in [2.75, 3.05) is 0 Å². The van der Waals surface area contributed by atoms with Gasteiger partial charge in [-0.3, -0.25) is 0 Å². The van der Waals surface area contributed by atoms with E-state index in [4.69, 9.17) is 16.7 Å². The zero-order valence-electron chi connectivity index (χ0n) is 7.92. The van der Waals surface area contributed by atoms with Crippen molar-refractivity contribution in [1.82, 2.24) is 0 Å². The van der Waals surface area contributed by atoms with Crippen LogP contribution in [0.1, 0.15) is 5.56 Å². The van der Waals surface area contributed by atoms with Crippen molar-refractivity contribution in [3.05, 3.63) is 34.8 Å². The van der Waals surface area contributed by atoms with E-state index in [1.54, 1.807) is 0 Å². The van der Waals surface area contributed by atoms with Crippen LogP contribution >= 0.6 is 11.6 Å². The summed E-state index contributed by atoms with van der Waals surface area (Å²) in [5, 5.41) is 9.20. The van der Waals surface area contributed by atoms with Gasteiger partial charge < -0.3 is 18.1 Å². The summed E-state index contributed by atoms with van der Waals surface area (Å²) in [6, 6.07) is 3.89. The van der Waals surface area contributed by atoms with Crippen molar-refractivity contribution in [2.45, 2.75) is 0 Å². The number of rotatable bonds is 2. The number of benzene rings is 1. The van der Waals surface area contributed by atoms with E-state index in [0.29, 0.717) is 0 Å². The molecule has 1 aromatic carbocycles. The van der Waals surface area contributed by atoms with Crippen LogP contribution in [0, 0.1) is 0 Å². The van der Waals surface area contributed by atoms with Gasteiger partial charge in [0.05, 0.1) is 5.02 Å². The largest absolute Gasteiger partial charge is 1.00 e. The van der Waals surface area contributed by atoms with Gasteiger partial charge in [0, 0.05) is 0 Å². The van der Waals surface area contributed by atoms with Crippen LogP contribution in [0.5, 0.6) is 5.75 Å². The molecule has 0 bridgehead atoms. The molecule has 1 aromatic rings. The van der Waals surface area contributed by atoms with Gasteiger partial charge in [-0.15, -0.1) is 5.98 Å². The van der Waals surface area contributed by atoms with Gasteiger partial charge >= 0.3 is 58.4 Å². The molecule has 0 aromatic heterocycles. The average Bonchev–Trinajstić information content (AvgIpc) is 2.06. The first kappa shape index (κ1) is 15.5. The van der Waals surface area contributed by atoms with Gasteiger partial charge in [-0.25, -0.2) is 0 Å². The quantitative estimate of drug-likeness (QED) is 0.766. The number of phenolic OH excluding ortho intramolecular Hbond substituents is 1. The Morgan fingerprint density at radius 3 is 2.33 bits per heavy atom. The van der Waals surface area contributed by atoms with Gasteiger partial charge in [0.15, 0.2) is 0 Å². The van der Waals surface area contributed by atoms with Gasteiger partial charge in [-0.1, -0.05) is 23.7 Å². The van der Waals surface area contributed by atoms with Gasteiger partial charge in [0.1, 0.15) is 5.75 Å². The first-order valence-electron chi connectivity index (χ1n) is 3.76. The van der Waals surface area contributed by atoms with Crippen LogP contribution in [0.4, 0.5) is 12.9 Å². The summed E-state index contributed by atoms with van der Waals surface area (Å²) in [6.07, 6.45) is 0.885. The molecular formula is C8H6BClF3KO. The van der Waals surface area contributed by atoms with Crippen LogP contribution in [-0.4, -0.2) is 12.1 Å². The molecule has 0 unspecified atom stereocenters. The zero-order valence-corrected chi connectivity index (χ0v) is 11.8. The summed E-state index contributed by atoms with van der Waals surface area (Å²) >= 11 is 5.48. The minimum Gasteiger partial charge on any atom is -0.506 e. The van der Waals surface area contributed by atoms with Crippen LogP contribution < -0.4 is 51.4 Å². The molecule has 0 saturated carbocycles. The molecule has 0 saturated heterocycles. The number of phenols is 1. The Morgan fingerprint density at radius 2 is 1.87 bits per heavy atom. The van der Waals surface area contributed by atoms with Crippen molar-refractivity contribution in [3.63, 3.8) is 0 Å². The predicted molar refractivity (Wildman–Crippen MR) is 51.2 cm³/mol. The SMILES string of the molecule is Oc1cc(/C=C/[B-](F)(F)F)ccc1Cl.[K+]. The third-order valence-corrected chi connectivity index (χ3v) is 1.80. The Labute approximate surface area is 133 Å². The molecular weight excluding hydrogens is 254 g/mol. The third kappa shape index (κ3) is 5.99. The summed E-state index contributed by atoms with van der Waals surface area (Å²) in [5.74, 6) is -0.0774. The molecule has 1 rings (SSSR count). The van der Waals surface area contributed by atoms with Crippen molar-refractivity contribution in [1.29, 1.82) is 0 Å². The molecule has 7 heteroatoms. The van der Waals surface area contributed by atoms with Crippen LogP contribution in [0.3, 0.4) is 0 Å². The molecule has 15 heavy (non-hydrogen) atoms. The molecule has 76 valence electrons. The second-order valence-corrected chi connectivity index (χ2v) is 3.10. The normalized spacial score (nSPS) is 11.5. The van der Waals surface area contributed by atoms with Gasteiger partial charge in [-0.05, 0) is 17.7 Å². The first-order valence-corrected chi connectivity index (χ1v) is 4.14. The fraction of sp³-hybridized carbons (Fsp3) is 0. The van der Waals surface area contributed by atoms with Gasteiger partial charge in [0.2, 0.25) is 0 Å². The molecule has 0 radical (unpaired) electrons. The fourth-order valence-electron chi connectivity index (χ4n) is 0.854. The van der Waals surface area contributed by atoms with E-state index in [1.807, 2.05) is 0 Å². The number of halogens is 4. The van der Waals surface area contributed by atoms with Gasteiger partial charge in [-0.2, -0.15) is 0 Å². The molecule has 1 N–H and O–H groups in total.